The third-order valence-corrected chi connectivity index (χ3v) is 1.37. The molecule has 0 N–H and O–H groups in total. The predicted octanol–water partition coefficient (Wildman–Crippen LogP) is 0.754. The number of ether oxygens (including phenoxy) is 2. The fourth-order valence-corrected chi connectivity index (χ4v) is 0.732. The van der Waals surface area contributed by atoms with E-state index in [1.807, 2.05) is 0 Å². The van der Waals surface area contributed by atoms with Crippen molar-refractivity contribution in [2.24, 2.45) is 0 Å². The Hall–Kier alpha value is -1.03. The first-order valence-corrected chi connectivity index (χ1v) is 3.02. The van der Waals surface area contributed by atoms with Gasteiger partial charge >= 0.3 is 0 Å². The minimum Gasteiger partial charge on any atom is -0.479 e. The minimum atomic E-state index is 0.122. The van der Waals surface area contributed by atoms with Crippen LogP contribution in [0.1, 0.15) is 11.9 Å². The third-order valence-electron chi connectivity index (χ3n) is 1.37. The summed E-state index contributed by atoms with van der Waals surface area (Å²) in [5.74, 6) is 1.25. The van der Waals surface area contributed by atoms with Gasteiger partial charge in [0.25, 0.3) is 5.88 Å². The highest BCUT2D eigenvalue weighted by Crippen LogP contribution is 2.31. The van der Waals surface area contributed by atoms with Gasteiger partial charge in [-0.2, -0.15) is 0 Å². The molecule has 1 unspecified atom stereocenters. The van der Waals surface area contributed by atoms with Crippen LogP contribution in [0.25, 0.3) is 0 Å². The van der Waals surface area contributed by atoms with Gasteiger partial charge in [0.2, 0.25) is 0 Å². The van der Waals surface area contributed by atoms with Gasteiger partial charge < -0.3 is 14.0 Å². The third kappa shape index (κ3) is 0.863. The van der Waals surface area contributed by atoms with Gasteiger partial charge in [-0.1, -0.05) is 0 Å². The zero-order valence-electron chi connectivity index (χ0n) is 5.53. The average molecular weight is 141 g/mol. The summed E-state index contributed by atoms with van der Waals surface area (Å²) in [6.07, 6.45) is 0.122. The zero-order chi connectivity index (χ0) is 6.97. The Morgan fingerprint density at radius 1 is 1.80 bits per heavy atom. The molecule has 54 valence electrons. The van der Waals surface area contributed by atoms with Gasteiger partial charge in [0.15, 0.2) is 5.76 Å². The van der Waals surface area contributed by atoms with E-state index in [1.165, 1.54) is 0 Å². The van der Waals surface area contributed by atoms with Crippen molar-refractivity contribution in [3.63, 3.8) is 0 Å². The lowest BCUT2D eigenvalue weighted by Crippen LogP contribution is -1.79. The average Bonchev–Trinajstić information content (AvgIpc) is 2.70. The zero-order valence-corrected chi connectivity index (χ0v) is 5.53. The first kappa shape index (κ1) is 5.73. The highest BCUT2D eigenvalue weighted by atomic mass is 16.6. The number of epoxide rings is 1. The van der Waals surface area contributed by atoms with Crippen LogP contribution in [-0.4, -0.2) is 18.9 Å². The van der Waals surface area contributed by atoms with Crippen molar-refractivity contribution in [3.05, 3.63) is 11.8 Å². The molecule has 0 bridgehead atoms. The van der Waals surface area contributed by atoms with Crippen LogP contribution in [0.15, 0.2) is 10.6 Å². The molecule has 0 spiro atoms. The van der Waals surface area contributed by atoms with E-state index in [2.05, 4.69) is 5.16 Å². The first-order valence-electron chi connectivity index (χ1n) is 3.02. The molecule has 4 heteroatoms. The van der Waals surface area contributed by atoms with E-state index < -0.39 is 0 Å². The smallest absolute Gasteiger partial charge is 0.254 e. The monoisotopic (exact) mass is 141 g/mol. The van der Waals surface area contributed by atoms with Crippen molar-refractivity contribution in [2.75, 3.05) is 13.7 Å². The molecule has 1 saturated heterocycles. The second-order valence-electron chi connectivity index (χ2n) is 2.09. The second-order valence-corrected chi connectivity index (χ2v) is 2.09. The van der Waals surface area contributed by atoms with Crippen LogP contribution in [0.3, 0.4) is 0 Å². The fraction of sp³-hybridized carbons (Fsp3) is 0.500. The Morgan fingerprint density at radius 2 is 2.60 bits per heavy atom. The molecule has 0 amide bonds. The lowest BCUT2D eigenvalue weighted by molar-refractivity contribution is 0.303. The van der Waals surface area contributed by atoms with Crippen molar-refractivity contribution in [2.45, 2.75) is 6.10 Å². The SMILES string of the molecule is COc1cc(C2CO2)on1. The van der Waals surface area contributed by atoms with Crippen LogP contribution < -0.4 is 4.74 Å². The number of nitrogens with zero attached hydrogens (tertiary/aromatic N) is 1. The first-order chi connectivity index (χ1) is 4.90. The Balaban J connectivity index is 2.19. The van der Waals surface area contributed by atoms with Crippen LogP contribution in [-0.2, 0) is 4.74 Å². The lowest BCUT2D eigenvalue weighted by Gasteiger charge is -1.83. The maximum absolute atomic E-state index is 4.96. The van der Waals surface area contributed by atoms with Crippen LogP contribution in [0.2, 0.25) is 0 Å². The summed E-state index contributed by atoms with van der Waals surface area (Å²) in [4.78, 5) is 0. The molecular formula is C6H7NO3. The Kier molecular flexibility index (Phi) is 1.14. The van der Waals surface area contributed by atoms with Gasteiger partial charge in [0.05, 0.1) is 13.7 Å². The molecule has 0 aliphatic carbocycles. The molecular weight excluding hydrogens is 134 g/mol. The molecule has 1 aromatic heterocycles. The van der Waals surface area contributed by atoms with Crippen molar-refractivity contribution in [1.29, 1.82) is 0 Å². The van der Waals surface area contributed by atoms with E-state index in [4.69, 9.17) is 14.0 Å². The molecule has 1 aliphatic rings. The van der Waals surface area contributed by atoms with Gasteiger partial charge in [-0.05, 0) is 5.16 Å². The number of hydrogen-bond acceptors (Lipinski definition) is 4. The number of aromatic nitrogens is 1. The Bertz CT molecular complexity index is 229. The number of methoxy groups -OCH3 is 1. The normalized spacial score (nSPS) is 22.7. The van der Waals surface area contributed by atoms with Gasteiger partial charge in [-0.15, -0.1) is 0 Å². The summed E-state index contributed by atoms with van der Waals surface area (Å²) in [7, 11) is 1.55. The summed E-state index contributed by atoms with van der Waals surface area (Å²) in [5, 5.41) is 3.62. The molecule has 0 saturated carbocycles. The van der Waals surface area contributed by atoms with Crippen LogP contribution in [0.5, 0.6) is 5.88 Å². The summed E-state index contributed by atoms with van der Waals surface area (Å²) in [5.41, 5.74) is 0. The molecule has 1 atom stereocenters. The molecule has 2 rings (SSSR count). The molecule has 10 heavy (non-hydrogen) atoms. The molecule has 4 nitrogen and oxygen atoms in total. The quantitative estimate of drug-likeness (QED) is 0.570. The number of hydrogen-bond donors (Lipinski definition) is 0. The van der Waals surface area contributed by atoms with Gasteiger partial charge in [0.1, 0.15) is 6.10 Å². The summed E-state index contributed by atoms with van der Waals surface area (Å²) in [6.45, 7) is 0.734. The Labute approximate surface area is 57.7 Å². The lowest BCUT2D eigenvalue weighted by atomic mass is 10.4. The topological polar surface area (TPSA) is 47.8 Å². The molecule has 1 aliphatic heterocycles. The van der Waals surface area contributed by atoms with E-state index in [0.29, 0.717) is 5.88 Å². The predicted molar refractivity (Wildman–Crippen MR) is 31.7 cm³/mol. The molecule has 1 aromatic rings. The highest BCUT2D eigenvalue weighted by molar-refractivity contribution is 5.14. The van der Waals surface area contributed by atoms with Crippen molar-refractivity contribution in [3.8, 4) is 5.88 Å². The second kappa shape index (κ2) is 1.98. The summed E-state index contributed by atoms with van der Waals surface area (Å²) >= 11 is 0. The van der Waals surface area contributed by atoms with E-state index in [1.54, 1.807) is 13.2 Å². The standard InChI is InChI=1S/C6H7NO3/c1-8-6-2-4(10-7-6)5-3-9-5/h2,5H,3H2,1H3. The molecule has 0 radical (unpaired) electrons. The van der Waals surface area contributed by atoms with E-state index >= 15 is 0 Å². The van der Waals surface area contributed by atoms with E-state index in [-0.39, 0.29) is 6.10 Å². The van der Waals surface area contributed by atoms with Crippen LogP contribution >= 0.6 is 0 Å². The van der Waals surface area contributed by atoms with Crippen LogP contribution in [0, 0.1) is 0 Å². The number of rotatable bonds is 2. The van der Waals surface area contributed by atoms with Crippen LogP contribution in [0.4, 0.5) is 0 Å². The maximum atomic E-state index is 4.96. The molecule has 1 fully saturated rings. The highest BCUT2D eigenvalue weighted by Gasteiger charge is 2.29. The largest absolute Gasteiger partial charge is 0.479 e. The van der Waals surface area contributed by atoms with Gasteiger partial charge in [0, 0.05) is 6.07 Å². The minimum absolute atomic E-state index is 0.122. The van der Waals surface area contributed by atoms with Crippen molar-refractivity contribution < 1.29 is 14.0 Å². The van der Waals surface area contributed by atoms with E-state index in [0.717, 1.165) is 12.4 Å². The maximum Gasteiger partial charge on any atom is 0.254 e. The Morgan fingerprint density at radius 3 is 3.10 bits per heavy atom. The van der Waals surface area contributed by atoms with Gasteiger partial charge in [-0.3, -0.25) is 0 Å². The fourth-order valence-electron chi connectivity index (χ4n) is 0.732. The van der Waals surface area contributed by atoms with Gasteiger partial charge in [-0.25, -0.2) is 0 Å². The van der Waals surface area contributed by atoms with Crippen molar-refractivity contribution >= 4 is 0 Å². The summed E-state index contributed by atoms with van der Waals surface area (Å²) < 4.78 is 14.7. The molecule has 2 heterocycles. The van der Waals surface area contributed by atoms with E-state index in [9.17, 15) is 0 Å². The molecule has 0 aromatic carbocycles. The van der Waals surface area contributed by atoms with Crippen molar-refractivity contribution in [1.82, 2.24) is 5.16 Å². The summed E-state index contributed by atoms with van der Waals surface area (Å²) in [6, 6.07) is 1.73.